The summed E-state index contributed by atoms with van der Waals surface area (Å²) in [5, 5.41) is 0. The Labute approximate surface area is 333 Å². The van der Waals surface area contributed by atoms with E-state index in [9.17, 15) is 0 Å². The molecule has 0 aliphatic heterocycles. The third-order valence-corrected chi connectivity index (χ3v) is 13.7. The molecule has 0 saturated carbocycles. The second-order valence-electron chi connectivity index (χ2n) is 19.0. The zero-order valence-corrected chi connectivity index (χ0v) is 34.3. The molecule has 0 N–H and O–H groups in total. The van der Waals surface area contributed by atoms with Gasteiger partial charge in [-0.1, -0.05) is 178 Å². The van der Waals surface area contributed by atoms with Crippen molar-refractivity contribution in [2.75, 3.05) is 4.90 Å². The summed E-state index contributed by atoms with van der Waals surface area (Å²) < 4.78 is 0. The van der Waals surface area contributed by atoms with Gasteiger partial charge in [0.1, 0.15) is 0 Å². The number of nitrogens with zero attached hydrogens (tertiary/aromatic N) is 1. The predicted octanol–water partition coefficient (Wildman–Crippen LogP) is 15.0. The van der Waals surface area contributed by atoms with Gasteiger partial charge in [-0.25, -0.2) is 0 Å². The average Bonchev–Trinajstić information content (AvgIpc) is 3.67. The highest BCUT2D eigenvalue weighted by Gasteiger charge is 2.40. The van der Waals surface area contributed by atoms with Crippen LogP contribution < -0.4 is 4.90 Å². The van der Waals surface area contributed by atoms with Gasteiger partial charge in [-0.05, 0) is 114 Å². The van der Waals surface area contributed by atoms with E-state index in [-0.39, 0.29) is 21.7 Å². The molecule has 0 spiro atoms. The van der Waals surface area contributed by atoms with Crippen LogP contribution in [0.25, 0.3) is 44.5 Å². The predicted molar refractivity (Wildman–Crippen MR) is 238 cm³/mol. The van der Waals surface area contributed by atoms with Gasteiger partial charge in [0.05, 0.1) is 5.69 Å². The zero-order chi connectivity index (χ0) is 38.9. The fourth-order valence-corrected chi connectivity index (χ4v) is 10.5. The van der Waals surface area contributed by atoms with E-state index >= 15 is 0 Å². The lowest BCUT2D eigenvalue weighted by atomic mass is 9.79. The molecule has 0 saturated heterocycles. The summed E-state index contributed by atoms with van der Waals surface area (Å²) in [6.07, 6.45) is 0. The first-order chi connectivity index (χ1) is 26.7. The van der Waals surface area contributed by atoms with E-state index in [0.717, 1.165) is 0 Å². The van der Waals surface area contributed by atoms with Gasteiger partial charge < -0.3 is 4.90 Å². The molecule has 3 aliphatic carbocycles. The van der Waals surface area contributed by atoms with Crippen molar-refractivity contribution < 1.29 is 0 Å². The fraction of sp³-hybridized carbons (Fsp3) is 0.236. The minimum atomic E-state index is -0.115. The molecule has 0 atom stereocenters. The van der Waals surface area contributed by atoms with Crippen molar-refractivity contribution in [2.45, 2.75) is 84.0 Å². The van der Waals surface area contributed by atoms with E-state index in [4.69, 9.17) is 0 Å². The van der Waals surface area contributed by atoms with Gasteiger partial charge in [0, 0.05) is 33.2 Å². The van der Waals surface area contributed by atoms with Crippen molar-refractivity contribution in [1.29, 1.82) is 0 Å². The van der Waals surface area contributed by atoms with Gasteiger partial charge in [-0.3, -0.25) is 0 Å². The first kappa shape index (κ1) is 34.8. The molecule has 0 heterocycles. The monoisotopic (exact) mass is 725 g/mol. The summed E-state index contributed by atoms with van der Waals surface area (Å²) in [6, 6.07) is 55.6. The highest BCUT2D eigenvalue weighted by atomic mass is 15.1. The molecule has 0 unspecified atom stereocenters. The van der Waals surface area contributed by atoms with E-state index < -0.39 is 0 Å². The molecule has 0 fully saturated rings. The molecular formula is C55H51N. The third kappa shape index (κ3) is 4.79. The molecule has 0 amide bonds. The standard InChI is InChI=1S/C55H51N/c1-52(2,3)34-25-28-43-47(31-34)55(8,9)46-23-16-20-42(51(43)46)41-19-12-15-24-50(41)56(35-26-29-39-37-17-10-13-21-44(37)53(4,5)48(39)32-35)36-27-30-40-38-18-11-14-22-45(38)54(6,7)49(40)33-36/h10-33H,1-9H3. The van der Waals surface area contributed by atoms with Gasteiger partial charge in [0.25, 0.3) is 0 Å². The van der Waals surface area contributed by atoms with Crippen molar-refractivity contribution in [3.63, 3.8) is 0 Å². The molecule has 3 aliphatic rings. The summed E-state index contributed by atoms with van der Waals surface area (Å²) in [7, 11) is 0. The van der Waals surface area contributed by atoms with Crippen molar-refractivity contribution >= 4 is 17.1 Å². The molecule has 7 aromatic rings. The number of rotatable bonds is 4. The number of fused-ring (bicyclic) bond motifs is 9. The lowest BCUT2D eigenvalue weighted by Gasteiger charge is -2.31. The van der Waals surface area contributed by atoms with Gasteiger partial charge in [-0.15, -0.1) is 0 Å². The molecule has 0 bridgehead atoms. The summed E-state index contributed by atoms with van der Waals surface area (Å²) in [5.74, 6) is 0. The average molecular weight is 726 g/mol. The van der Waals surface area contributed by atoms with Gasteiger partial charge in [-0.2, -0.15) is 0 Å². The SMILES string of the molecule is CC(C)(C)c1ccc2c(c1)C(C)(C)c1cccc(-c3ccccc3N(c3ccc4c(c3)C(C)(C)c3ccccc3-4)c3ccc4c(c3)C(C)(C)c3ccccc3-4)c1-2. The minimum Gasteiger partial charge on any atom is -0.310 e. The normalized spacial score (nSPS) is 16.0. The second-order valence-corrected chi connectivity index (χ2v) is 19.0. The van der Waals surface area contributed by atoms with Crippen LogP contribution in [0.4, 0.5) is 17.1 Å². The van der Waals surface area contributed by atoms with Gasteiger partial charge in [0.2, 0.25) is 0 Å². The van der Waals surface area contributed by atoms with Crippen molar-refractivity contribution in [3.8, 4) is 44.5 Å². The quantitative estimate of drug-likeness (QED) is 0.175. The summed E-state index contributed by atoms with van der Waals surface area (Å²) >= 11 is 0. The van der Waals surface area contributed by atoms with E-state index in [2.05, 4.69) is 213 Å². The largest absolute Gasteiger partial charge is 0.310 e. The van der Waals surface area contributed by atoms with E-state index in [1.165, 1.54) is 101 Å². The summed E-state index contributed by atoms with van der Waals surface area (Å²) in [6.45, 7) is 21.3. The van der Waals surface area contributed by atoms with Crippen LogP contribution in [-0.2, 0) is 21.7 Å². The van der Waals surface area contributed by atoms with Crippen LogP contribution in [0.15, 0.2) is 146 Å². The Morgan fingerprint density at radius 2 is 0.786 bits per heavy atom. The van der Waals surface area contributed by atoms with E-state index in [1.54, 1.807) is 0 Å². The number of hydrogen-bond acceptors (Lipinski definition) is 1. The lowest BCUT2D eigenvalue weighted by Crippen LogP contribution is -2.18. The number of hydrogen-bond donors (Lipinski definition) is 0. The van der Waals surface area contributed by atoms with Crippen LogP contribution in [-0.4, -0.2) is 0 Å². The molecule has 7 aromatic carbocycles. The molecule has 0 radical (unpaired) electrons. The molecule has 276 valence electrons. The topological polar surface area (TPSA) is 3.24 Å². The summed E-state index contributed by atoms with van der Waals surface area (Å²) in [4.78, 5) is 2.54. The molecule has 10 rings (SSSR count). The molecule has 1 heteroatoms. The molecular weight excluding hydrogens is 675 g/mol. The lowest BCUT2D eigenvalue weighted by molar-refractivity contribution is 0.584. The maximum atomic E-state index is 2.54. The first-order valence-corrected chi connectivity index (χ1v) is 20.4. The van der Waals surface area contributed by atoms with Crippen LogP contribution >= 0.6 is 0 Å². The molecule has 0 aromatic heterocycles. The Bertz CT molecular complexity index is 2660. The Hall–Kier alpha value is -5.66. The summed E-state index contributed by atoms with van der Waals surface area (Å²) in [5.41, 5.74) is 23.6. The number of benzene rings is 7. The Morgan fingerprint density at radius 3 is 1.36 bits per heavy atom. The molecule has 1 nitrogen and oxygen atoms in total. The Morgan fingerprint density at radius 1 is 0.357 bits per heavy atom. The van der Waals surface area contributed by atoms with Gasteiger partial charge in [0.15, 0.2) is 0 Å². The Balaban J connectivity index is 1.21. The van der Waals surface area contributed by atoms with Crippen LogP contribution in [0.3, 0.4) is 0 Å². The van der Waals surface area contributed by atoms with Crippen molar-refractivity contribution in [3.05, 3.63) is 185 Å². The van der Waals surface area contributed by atoms with Gasteiger partial charge >= 0.3 is 0 Å². The number of para-hydroxylation sites is 1. The first-order valence-electron chi connectivity index (χ1n) is 20.4. The molecule has 56 heavy (non-hydrogen) atoms. The zero-order valence-electron chi connectivity index (χ0n) is 34.3. The highest BCUT2D eigenvalue weighted by molar-refractivity contribution is 5.99. The second kappa shape index (κ2) is 11.7. The maximum Gasteiger partial charge on any atom is 0.0540 e. The van der Waals surface area contributed by atoms with Crippen molar-refractivity contribution in [1.82, 2.24) is 0 Å². The van der Waals surface area contributed by atoms with Crippen LogP contribution in [0.1, 0.15) is 101 Å². The van der Waals surface area contributed by atoms with Crippen molar-refractivity contribution in [2.24, 2.45) is 0 Å². The highest BCUT2D eigenvalue weighted by Crippen LogP contribution is 2.57. The smallest absolute Gasteiger partial charge is 0.0540 e. The minimum absolute atomic E-state index is 0.0768. The number of anilines is 3. The van der Waals surface area contributed by atoms with Crippen LogP contribution in [0.2, 0.25) is 0 Å². The Kier molecular flexibility index (Phi) is 7.26. The third-order valence-electron chi connectivity index (χ3n) is 13.7. The van der Waals surface area contributed by atoms with Crippen LogP contribution in [0.5, 0.6) is 0 Å². The fourth-order valence-electron chi connectivity index (χ4n) is 10.5. The van der Waals surface area contributed by atoms with E-state index in [1.807, 2.05) is 0 Å². The van der Waals surface area contributed by atoms with E-state index in [0.29, 0.717) is 0 Å². The van der Waals surface area contributed by atoms with Crippen LogP contribution in [0, 0.1) is 0 Å². The maximum absolute atomic E-state index is 2.54.